The van der Waals surface area contributed by atoms with E-state index in [2.05, 4.69) is 10.3 Å². The predicted octanol–water partition coefficient (Wildman–Crippen LogP) is 1.49. The fourth-order valence-corrected chi connectivity index (χ4v) is 2.31. The molecule has 0 saturated carbocycles. The molecule has 0 aromatic carbocycles. The van der Waals surface area contributed by atoms with Crippen molar-refractivity contribution >= 4 is 11.8 Å². The lowest BCUT2D eigenvalue weighted by atomic mass is 9.86. The van der Waals surface area contributed by atoms with Gasteiger partial charge < -0.3 is 10.2 Å². The molecule has 1 aliphatic rings. The smallest absolute Gasteiger partial charge is 0.249 e. The lowest BCUT2D eigenvalue weighted by Crippen LogP contribution is -2.72. The highest BCUT2D eigenvalue weighted by molar-refractivity contribution is 6.01. The van der Waals surface area contributed by atoms with Gasteiger partial charge in [-0.1, -0.05) is 13.0 Å². The van der Waals surface area contributed by atoms with Crippen molar-refractivity contribution < 1.29 is 9.59 Å². The molecular formula is C15H21N3O2. The molecule has 5 heteroatoms. The summed E-state index contributed by atoms with van der Waals surface area (Å²) >= 11 is 0. The Morgan fingerprint density at radius 3 is 2.55 bits per heavy atom. The van der Waals surface area contributed by atoms with E-state index in [0.717, 1.165) is 5.56 Å². The fraction of sp³-hybridized carbons (Fsp3) is 0.533. The van der Waals surface area contributed by atoms with Gasteiger partial charge in [-0.2, -0.15) is 0 Å². The highest BCUT2D eigenvalue weighted by Crippen LogP contribution is 2.29. The first-order valence-corrected chi connectivity index (χ1v) is 6.85. The highest BCUT2D eigenvalue weighted by Gasteiger charge is 2.51. The number of carbonyl (C=O) groups is 2. The zero-order valence-electron chi connectivity index (χ0n) is 12.4. The summed E-state index contributed by atoms with van der Waals surface area (Å²) in [4.78, 5) is 30.8. The molecule has 0 aliphatic carbocycles. The van der Waals surface area contributed by atoms with Gasteiger partial charge in [0.15, 0.2) is 0 Å². The minimum atomic E-state index is -0.860. The molecule has 1 aromatic heterocycles. The third-order valence-corrected chi connectivity index (χ3v) is 4.11. The first-order chi connectivity index (χ1) is 9.31. The maximum atomic E-state index is 12.7. The van der Waals surface area contributed by atoms with Gasteiger partial charge in [-0.15, -0.1) is 0 Å². The van der Waals surface area contributed by atoms with Crippen molar-refractivity contribution in [1.82, 2.24) is 15.2 Å². The predicted molar refractivity (Wildman–Crippen MR) is 75.7 cm³/mol. The quantitative estimate of drug-likeness (QED) is 0.909. The normalized spacial score (nSPS) is 25.5. The van der Waals surface area contributed by atoms with E-state index < -0.39 is 11.1 Å². The topological polar surface area (TPSA) is 62.3 Å². The Bertz CT molecular complexity index is 527. The molecule has 0 spiro atoms. The zero-order chi connectivity index (χ0) is 15.0. The molecule has 0 bridgehead atoms. The molecule has 1 N–H and O–H groups in total. The van der Waals surface area contributed by atoms with Crippen molar-refractivity contribution in [1.29, 1.82) is 0 Å². The number of aromatic nitrogens is 1. The summed E-state index contributed by atoms with van der Waals surface area (Å²) in [7, 11) is 0. The molecule has 1 aromatic rings. The molecular weight excluding hydrogens is 254 g/mol. The molecule has 2 heterocycles. The number of nitrogens with zero attached hydrogens (tertiary/aromatic N) is 2. The summed E-state index contributed by atoms with van der Waals surface area (Å²) in [6.45, 7) is 7.61. The zero-order valence-corrected chi connectivity index (χ0v) is 12.4. The van der Waals surface area contributed by atoms with Crippen LogP contribution in [0.5, 0.6) is 0 Å². The van der Waals surface area contributed by atoms with Crippen LogP contribution in [0, 0.1) is 0 Å². The molecule has 1 unspecified atom stereocenters. The lowest BCUT2D eigenvalue weighted by molar-refractivity contribution is -0.161. The summed E-state index contributed by atoms with van der Waals surface area (Å²) in [6, 6.07) is 3.74. The number of carbonyl (C=O) groups excluding carboxylic acids is 2. The first kappa shape index (κ1) is 14.5. The average Bonchev–Trinajstić information content (AvgIpc) is 2.43. The summed E-state index contributed by atoms with van der Waals surface area (Å²) < 4.78 is 0. The van der Waals surface area contributed by atoms with E-state index in [1.54, 1.807) is 38.1 Å². The van der Waals surface area contributed by atoms with E-state index in [1.807, 2.05) is 19.1 Å². The summed E-state index contributed by atoms with van der Waals surface area (Å²) in [5.74, 6) is -0.168. The second-order valence-electron chi connectivity index (χ2n) is 5.95. The minimum absolute atomic E-state index is 0.0477. The van der Waals surface area contributed by atoms with E-state index in [1.165, 1.54) is 0 Å². The van der Waals surface area contributed by atoms with Gasteiger partial charge in [0.25, 0.3) is 0 Å². The molecule has 1 fully saturated rings. The van der Waals surface area contributed by atoms with E-state index in [9.17, 15) is 9.59 Å². The van der Waals surface area contributed by atoms with Crippen LogP contribution in [-0.2, 0) is 16.1 Å². The van der Waals surface area contributed by atoms with Gasteiger partial charge >= 0.3 is 0 Å². The molecule has 1 saturated heterocycles. The molecule has 5 nitrogen and oxygen atoms in total. The van der Waals surface area contributed by atoms with Crippen LogP contribution in [0.15, 0.2) is 24.5 Å². The van der Waals surface area contributed by atoms with Crippen LogP contribution in [-0.4, -0.2) is 32.8 Å². The molecule has 2 rings (SSSR count). The number of hydrogen-bond acceptors (Lipinski definition) is 3. The van der Waals surface area contributed by atoms with Crippen LogP contribution in [0.1, 0.15) is 39.7 Å². The van der Waals surface area contributed by atoms with Crippen LogP contribution in [0.4, 0.5) is 0 Å². The third kappa shape index (κ3) is 2.28. The van der Waals surface area contributed by atoms with Crippen LogP contribution in [0.25, 0.3) is 0 Å². The van der Waals surface area contributed by atoms with Crippen LogP contribution < -0.4 is 5.32 Å². The van der Waals surface area contributed by atoms with Gasteiger partial charge in [-0.25, -0.2) is 0 Å². The molecule has 1 atom stereocenters. The number of pyridine rings is 1. The van der Waals surface area contributed by atoms with Gasteiger partial charge in [0.1, 0.15) is 11.1 Å². The number of amides is 2. The molecule has 0 radical (unpaired) electrons. The van der Waals surface area contributed by atoms with Gasteiger partial charge in [0, 0.05) is 18.9 Å². The molecule has 2 amide bonds. The van der Waals surface area contributed by atoms with E-state index in [-0.39, 0.29) is 11.8 Å². The van der Waals surface area contributed by atoms with Crippen molar-refractivity contribution in [3.8, 4) is 0 Å². The fourth-order valence-electron chi connectivity index (χ4n) is 2.31. The maximum Gasteiger partial charge on any atom is 0.249 e. The van der Waals surface area contributed by atoms with Crippen molar-refractivity contribution in [2.45, 2.75) is 51.7 Å². The number of nitrogens with one attached hydrogen (secondary N) is 1. The second-order valence-corrected chi connectivity index (χ2v) is 5.95. The lowest BCUT2D eigenvalue weighted by Gasteiger charge is -2.48. The molecule has 108 valence electrons. The van der Waals surface area contributed by atoms with Gasteiger partial charge in [0.05, 0.1) is 0 Å². The van der Waals surface area contributed by atoms with Gasteiger partial charge in [0.2, 0.25) is 11.8 Å². The number of rotatable bonds is 3. The average molecular weight is 275 g/mol. The summed E-state index contributed by atoms with van der Waals surface area (Å²) in [6.07, 6.45) is 3.98. The Kier molecular flexibility index (Phi) is 3.54. The van der Waals surface area contributed by atoms with Crippen LogP contribution in [0.3, 0.4) is 0 Å². The standard InChI is InChI=1S/C15H21N3O2/c1-5-15(4)13(20)18(14(2,3)12(19)17-15)10-11-7-6-8-16-9-11/h6-9H,5,10H2,1-4H3,(H,17,19). The van der Waals surface area contributed by atoms with Crippen molar-refractivity contribution in [2.24, 2.45) is 0 Å². The SMILES string of the molecule is CCC1(C)NC(=O)C(C)(C)N(Cc2cccnc2)C1=O. The Hall–Kier alpha value is -1.91. The minimum Gasteiger partial charge on any atom is -0.340 e. The largest absolute Gasteiger partial charge is 0.340 e. The highest BCUT2D eigenvalue weighted by atomic mass is 16.2. The Morgan fingerprint density at radius 1 is 1.30 bits per heavy atom. The van der Waals surface area contributed by atoms with Crippen molar-refractivity contribution in [2.75, 3.05) is 0 Å². The van der Waals surface area contributed by atoms with Crippen LogP contribution in [0.2, 0.25) is 0 Å². The third-order valence-electron chi connectivity index (χ3n) is 4.11. The Labute approximate surface area is 119 Å². The first-order valence-electron chi connectivity index (χ1n) is 6.85. The number of hydrogen-bond donors (Lipinski definition) is 1. The molecule has 20 heavy (non-hydrogen) atoms. The van der Waals surface area contributed by atoms with Crippen molar-refractivity contribution in [3.05, 3.63) is 30.1 Å². The monoisotopic (exact) mass is 275 g/mol. The summed E-state index contributed by atoms with van der Waals surface area (Å²) in [5.41, 5.74) is -0.766. The Balaban J connectivity index is 2.36. The second kappa shape index (κ2) is 4.89. The Morgan fingerprint density at radius 2 is 2.00 bits per heavy atom. The van der Waals surface area contributed by atoms with Gasteiger partial charge in [-0.05, 0) is 38.8 Å². The van der Waals surface area contributed by atoms with Gasteiger partial charge in [-0.3, -0.25) is 14.6 Å². The maximum absolute atomic E-state index is 12.7. The van der Waals surface area contributed by atoms with E-state index in [4.69, 9.17) is 0 Å². The summed E-state index contributed by atoms with van der Waals surface area (Å²) in [5, 5.41) is 2.85. The van der Waals surface area contributed by atoms with E-state index in [0.29, 0.717) is 13.0 Å². The number of piperazine rings is 1. The van der Waals surface area contributed by atoms with E-state index >= 15 is 0 Å². The van der Waals surface area contributed by atoms with Crippen LogP contribution >= 0.6 is 0 Å². The van der Waals surface area contributed by atoms with Crippen molar-refractivity contribution in [3.63, 3.8) is 0 Å². The molecule has 1 aliphatic heterocycles.